The number of rotatable bonds is 5. The van der Waals surface area contributed by atoms with Gasteiger partial charge in [-0.05, 0) is 49.4 Å². The minimum atomic E-state index is -0.277. The first-order chi connectivity index (χ1) is 12.5. The van der Waals surface area contributed by atoms with Gasteiger partial charge in [-0.1, -0.05) is 54.1 Å². The molecule has 0 saturated carbocycles. The quantitative estimate of drug-likeness (QED) is 0.727. The minimum absolute atomic E-state index is 0.0407. The molecule has 1 heterocycles. The van der Waals surface area contributed by atoms with Gasteiger partial charge in [0.05, 0.1) is 5.56 Å². The monoisotopic (exact) mass is 368 g/mol. The molecule has 26 heavy (non-hydrogen) atoms. The van der Waals surface area contributed by atoms with Crippen LogP contribution in [0.1, 0.15) is 23.7 Å². The van der Waals surface area contributed by atoms with Crippen molar-refractivity contribution in [2.45, 2.75) is 33.2 Å². The topological polar surface area (TPSA) is 55.1 Å². The molecule has 1 N–H and O–H groups in total. The zero-order valence-corrected chi connectivity index (χ0v) is 15.6. The molecule has 0 fully saturated rings. The van der Waals surface area contributed by atoms with Crippen molar-refractivity contribution in [2.24, 2.45) is 0 Å². The number of aromatic nitrogens is 2. The summed E-state index contributed by atoms with van der Waals surface area (Å²) in [6, 6.07) is 15.2. The lowest BCUT2D eigenvalue weighted by Gasteiger charge is -2.14. The second kappa shape index (κ2) is 7.75. The lowest BCUT2D eigenvalue weighted by Crippen LogP contribution is -2.25. The van der Waals surface area contributed by atoms with E-state index in [9.17, 15) is 9.90 Å². The summed E-state index contributed by atoms with van der Waals surface area (Å²) in [5.41, 5.74) is 3.20. The Morgan fingerprint density at radius 1 is 1.08 bits per heavy atom. The molecule has 0 spiro atoms. The van der Waals surface area contributed by atoms with E-state index in [1.54, 1.807) is 0 Å². The zero-order valence-electron chi connectivity index (χ0n) is 14.9. The smallest absolute Gasteiger partial charge is 0.278 e. The lowest BCUT2D eigenvalue weighted by atomic mass is 9.99. The highest BCUT2D eigenvalue weighted by Crippen LogP contribution is 2.31. The van der Waals surface area contributed by atoms with Gasteiger partial charge in [0.1, 0.15) is 5.69 Å². The fourth-order valence-corrected chi connectivity index (χ4v) is 3.28. The molecule has 0 atom stereocenters. The van der Waals surface area contributed by atoms with Crippen LogP contribution < -0.4 is 5.56 Å². The Bertz CT molecular complexity index is 996. The molecular formula is C21H21ClN2O2. The summed E-state index contributed by atoms with van der Waals surface area (Å²) in [4.78, 5) is 12.8. The van der Waals surface area contributed by atoms with Crippen molar-refractivity contribution >= 4 is 11.6 Å². The molecule has 0 unspecified atom stereocenters. The SMILES string of the molecule is CCn1nc(CCc2ccccc2Cl)c(O)c(-c2ccccc2C)c1=O. The molecule has 3 aromatic rings. The number of hydrogen-bond acceptors (Lipinski definition) is 3. The van der Waals surface area contributed by atoms with Gasteiger partial charge < -0.3 is 5.11 Å². The first kappa shape index (κ1) is 18.2. The summed E-state index contributed by atoms with van der Waals surface area (Å²) in [5.74, 6) is -0.0407. The van der Waals surface area contributed by atoms with Crippen molar-refractivity contribution in [2.75, 3.05) is 0 Å². The van der Waals surface area contributed by atoms with Crippen molar-refractivity contribution in [1.29, 1.82) is 0 Å². The van der Waals surface area contributed by atoms with Crippen molar-refractivity contribution in [3.8, 4) is 16.9 Å². The highest BCUT2D eigenvalue weighted by Gasteiger charge is 2.19. The van der Waals surface area contributed by atoms with Crippen LogP contribution in [0.3, 0.4) is 0 Å². The molecule has 0 radical (unpaired) electrons. The van der Waals surface area contributed by atoms with Crippen LogP contribution in [-0.2, 0) is 19.4 Å². The van der Waals surface area contributed by atoms with Crippen LogP contribution >= 0.6 is 11.6 Å². The molecule has 0 saturated heterocycles. The summed E-state index contributed by atoms with van der Waals surface area (Å²) in [6.07, 6.45) is 1.13. The predicted molar refractivity (Wildman–Crippen MR) is 105 cm³/mol. The van der Waals surface area contributed by atoms with Crippen molar-refractivity contribution in [3.05, 3.63) is 80.7 Å². The third kappa shape index (κ3) is 3.51. The summed E-state index contributed by atoms with van der Waals surface area (Å²) in [6.45, 7) is 4.23. The molecule has 5 heteroatoms. The highest BCUT2D eigenvalue weighted by molar-refractivity contribution is 6.31. The van der Waals surface area contributed by atoms with Gasteiger partial charge in [-0.3, -0.25) is 4.79 Å². The Balaban J connectivity index is 2.07. The van der Waals surface area contributed by atoms with E-state index in [-0.39, 0.29) is 11.3 Å². The van der Waals surface area contributed by atoms with E-state index >= 15 is 0 Å². The average molecular weight is 369 g/mol. The normalized spacial score (nSPS) is 10.9. The number of aryl methyl sites for hydroxylation is 4. The molecule has 134 valence electrons. The van der Waals surface area contributed by atoms with Gasteiger partial charge in [0.2, 0.25) is 0 Å². The van der Waals surface area contributed by atoms with Crippen LogP contribution in [0.2, 0.25) is 5.02 Å². The van der Waals surface area contributed by atoms with Crippen LogP contribution in [0.5, 0.6) is 5.75 Å². The average Bonchev–Trinajstić information content (AvgIpc) is 2.64. The zero-order chi connectivity index (χ0) is 18.7. The molecule has 1 aromatic heterocycles. The fourth-order valence-electron chi connectivity index (χ4n) is 3.05. The molecule has 3 rings (SSSR count). The van der Waals surface area contributed by atoms with E-state index in [0.29, 0.717) is 35.7 Å². The Kier molecular flexibility index (Phi) is 5.43. The van der Waals surface area contributed by atoms with Crippen LogP contribution in [0, 0.1) is 6.92 Å². The van der Waals surface area contributed by atoms with Crippen LogP contribution in [-0.4, -0.2) is 14.9 Å². The summed E-state index contributed by atoms with van der Waals surface area (Å²) >= 11 is 6.22. The van der Waals surface area contributed by atoms with Gasteiger partial charge in [-0.2, -0.15) is 5.10 Å². The molecule has 0 amide bonds. The number of halogens is 1. The van der Waals surface area contributed by atoms with Crippen molar-refractivity contribution < 1.29 is 5.11 Å². The van der Waals surface area contributed by atoms with Gasteiger partial charge in [0, 0.05) is 11.6 Å². The minimum Gasteiger partial charge on any atom is -0.505 e. The van der Waals surface area contributed by atoms with E-state index in [1.165, 1.54) is 4.68 Å². The first-order valence-corrected chi connectivity index (χ1v) is 9.03. The largest absolute Gasteiger partial charge is 0.505 e. The van der Waals surface area contributed by atoms with Gasteiger partial charge in [-0.25, -0.2) is 4.68 Å². The van der Waals surface area contributed by atoms with Crippen LogP contribution in [0.15, 0.2) is 53.3 Å². The maximum atomic E-state index is 12.8. The first-order valence-electron chi connectivity index (χ1n) is 8.65. The van der Waals surface area contributed by atoms with Gasteiger partial charge in [-0.15, -0.1) is 0 Å². The van der Waals surface area contributed by atoms with E-state index in [1.807, 2.05) is 62.4 Å². The van der Waals surface area contributed by atoms with Crippen LogP contribution in [0.25, 0.3) is 11.1 Å². The third-order valence-corrected chi connectivity index (χ3v) is 4.87. The summed E-state index contributed by atoms with van der Waals surface area (Å²) in [5, 5.41) is 15.9. The van der Waals surface area contributed by atoms with Gasteiger partial charge in [0.25, 0.3) is 5.56 Å². The number of aromatic hydroxyl groups is 1. The van der Waals surface area contributed by atoms with Gasteiger partial charge >= 0.3 is 0 Å². The molecule has 0 aliphatic heterocycles. The molecule has 0 bridgehead atoms. The Labute approximate surface area is 157 Å². The Morgan fingerprint density at radius 2 is 1.77 bits per heavy atom. The third-order valence-electron chi connectivity index (χ3n) is 4.50. The summed E-state index contributed by atoms with van der Waals surface area (Å²) in [7, 11) is 0. The summed E-state index contributed by atoms with van der Waals surface area (Å²) < 4.78 is 1.41. The van der Waals surface area contributed by atoms with Gasteiger partial charge in [0.15, 0.2) is 5.75 Å². The molecular weight excluding hydrogens is 348 g/mol. The van der Waals surface area contributed by atoms with Crippen molar-refractivity contribution in [1.82, 2.24) is 9.78 Å². The van der Waals surface area contributed by atoms with E-state index in [2.05, 4.69) is 5.10 Å². The van der Waals surface area contributed by atoms with E-state index in [4.69, 9.17) is 11.6 Å². The van der Waals surface area contributed by atoms with E-state index in [0.717, 1.165) is 16.7 Å². The second-order valence-corrected chi connectivity index (χ2v) is 6.60. The predicted octanol–water partition coefficient (Wildman–Crippen LogP) is 4.38. The van der Waals surface area contributed by atoms with E-state index < -0.39 is 0 Å². The van der Waals surface area contributed by atoms with Crippen LogP contribution in [0.4, 0.5) is 0 Å². The highest BCUT2D eigenvalue weighted by atomic mass is 35.5. The molecule has 4 nitrogen and oxygen atoms in total. The fraction of sp³-hybridized carbons (Fsp3) is 0.238. The Morgan fingerprint density at radius 3 is 2.46 bits per heavy atom. The molecule has 0 aliphatic rings. The number of benzene rings is 2. The molecule has 0 aliphatic carbocycles. The number of nitrogens with zero attached hydrogens (tertiary/aromatic N) is 2. The standard InChI is InChI=1S/C21H21ClN2O2/c1-3-24-21(26)19(16-10-6-4-8-14(16)2)20(25)18(23-24)13-12-15-9-5-7-11-17(15)22/h4-11,25H,3,12-13H2,1-2H3. The lowest BCUT2D eigenvalue weighted by molar-refractivity contribution is 0.451. The molecule has 2 aromatic carbocycles. The number of hydrogen-bond donors (Lipinski definition) is 1. The maximum Gasteiger partial charge on any atom is 0.278 e. The second-order valence-electron chi connectivity index (χ2n) is 6.20. The Hall–Kier alpha value is -2.59. The van der Waals surface area contributed by atoms with Crippen molar-refractivity contribution in [3.63, 3.8) is 0 Å². The maximum absolute atomic E-state index is 12.8.